The molecule has 0 saturated carbocycles. The Balaban J connectivity index is 0.00000180. The highest BCUT2D eigenvalue weighted by Crippen LogP contribution is 2.28. The number of amides is 1. The lowest BCUT2D eigenvalue weighted by Gasteiger charge is -2.22. The van der Waals surface area contributed by atoms with Crippen LogP contribution in [0.5, 0.6) is 5.75 Å². The fraction of sp³-hybridized carbons (Fsp3) is 0.615. The zero-order valence-electron chi connectivity index (χ0n) is 11.3. The topological polar surface area (TPSA) is 50.4 Å². The second-order valence-electron chi connectivity index (χ2n) is 4.68. The maximum absolute atomic E-state index is 12.1. The molecule has 1 saturated heterocycles. The van der Waals surface area contributed by atoms with Crippen molar-refractivity contribution in [2.24, 2.45) is 5.92 Å². The monoisotopic (exact) mass is 304 g/mol. The number of halogens is 1. The summed E-state index contributed by atoms with van der Waals surface area (Å²) >= 11 is 1.48. The van der Waals surface area contributed by atoms with Crippen LogP contribution in [0.4, 0.5) is 0 Å². The number of ether oxygens (including phenoxy) is 1. The summed E-state index contributed by atoms with van der Waals surface area (Å²) in [5.74, 6) is 1.21. The van der Waals surface area contributed by atoms with E-state index in [9.17, 15) is 4.79 Å². The first-order chi connectivity index (χ1) is 8.70. The van der Waals surface area contributed by atoms with Crippen molar-refractivity contribution in [3.05, 3.63) is 15.8 Å². The molecule has 6 heteroatoms. The number of methoxy groups -OCH3 is 1. The van der Waals surface area contributed by atoms with Gasteiger partial charge in [-0.15, -0.1) is 23.7 Å². The molecule has 0 aliphatic carbocycles. The number of carbonyl (C=O) groups is 1. The summed E-state index contributed by atoms with van der Waals surface area (Å²) in [4.78, 5) is 13.9. The summed E-state index contributed by atoms with van der Waals surface area (Å²) in [5, 5.41) is 6.36. The van der Waals surface area contributed by atoms with Gasteiger partial charge < -0.3 is 15.4 Å². The van der Waals surface area contributed by atoms with Crippen molar-refractivity contribution in [2.75, 3.05) is 26.7 Å². The Hall–Kier alpha value is -0.780. The van der Waals surface area contributed by atoms with Crippen LogP contribution in [-0.4, -0.2) is 32.7 Å². The van der Waals surface area contributed by atoms with Crippen LogP contribution in [0.15, 0.2) is 6.07 Å². The van der Waals surface area contributed by atoms with E-state index in [1.165, 1.54) is 24.2 Å². The smallest absolute Gasteiger partial charge is 0.265 e. The SMILES string of the molecule is COc1cc(C)sc1C(=O)NCC1CCCNC1.Cl. The standard InChI is InChI=1S/C13H20N2O2S.ClH/c1-9-6-11(17-2)12(18-9)13(16)15-8-10-4-3-5-14-7-10;/h6,10,14H,3-5,7-8H2,1-2H3,(H,15,16);1H. The van der Waals surface area contributed by atoms with Gasteiger partial charge >= 0.3 is 0 Å². The second-order valence-corrected chi connectivity index (χ2v) is 5.93. The van der Waals surface area contributed by atoms with Gasteiger partial charge in [-0.1, -0.05) is 0 Å². The van der Waals surface area contributed by atoms with Crippen LogP contribution in [0.3, 0.4) is 0 Å². The van der Waals surface area contributed by atoms with E-state index in [0.717, 1.165) is 24.5 Å². The van der Waals surface area contributed by atoms with E-state index >= 15 is 0 Å². The first kappa shape index (κ1) is 16.3. The van der Waals surface area contributed by atoms with E-state index in [2.05, 4.69) is 10.6 Å². The molecule has 1 unspecified atom stereocenters. The van der Waals surface area contributed by atoms with Gasteiger partial charge in [-0.25, -0.2) is 0 Å². The molecule has 2 heterocycles. The zero-order chi connectivity index (χ0) is 13.0. The number of aryl methyl sites for hydroxylation is 1. The molecule has 0 radical (unpaired) electrons. The number of hydrogen-bond donors (Lipinski definition) is 2. The molecule has 0 aromatic carbocycles. The highest BCUT2D eigenvalue weighted by Gasteiger charge is 2.18. The molecule has 0 bridgehead atoms. The van der Waals surface area contributed by atoms with Crippen LogP contribution < -0.4 is 15.4 Å². The third-order valence-corrected chi connectivity index (χ3v) is 4.23. The summed E-state index contributed by atoms with van der Waals surface area (Å²) in [6, 6.07) is 1.90. The molecule has 1 amide bonds. The van der Waals surface area contributed by atoms with Crippen LogP contribution in [0.25, 0.3) is 0 Å². The highest BCUT2D eigenvalue weighted by molar-refractivity contribution is 7.14. The van der Waals surface area contributed by atoms with Gasteiger partial charge in [0.2, 0.25) is 0 Å². The quantitative estimate of drug-likeness (QED) is 0.897. The first-order valence-corrected chi connectivity index (χ1v) is 7.15. The number of rotatable bonds is 4. The fourth-order valence-electron chi connectivity index (χ4n) is 2.22. The van der Waals surface area contributed by atoms with Gasteiger partial charge in [0.15, 0.2) is 0 Å². The van der Waals surface area contributed by atoms with Crippen molar-refractivity contribution in [3.8, 4) is 5.75 Å². The Bertz CT molecular complexity index is 417. The summed E-state index contributed by atoms with van der Waals surface area (Å²) in [5.41, 5.74) is 0. The Morgan fingerprint density at radius 2 is 2.42 bits per heavy atom. The number of hydrogen-bond acceptors (Lipinski definition) is 4. The maximum Gasteiger partial charge on any atom is 0.265 e. The number of thiophene rings is 1. The van der Waals surface area contributed by atoms with Gasteiger partial charge in [-0.3, -0.25) is 4.79 Å². The Kier molecular flexibility index (Phi) is 6.62. The van der Waals surface area contributed by atoms with Crippen molar-refractivity contribution in [1.29, 1.82) is 0 Å². The molecule has 19 heavy (non-hydrogen) atoms. The molecular formula is C13H21ClN2O2S. The molecule has 1 atom stereocenters. The molecule has 1 aliphatic rings. The van der Waals surface area contributed by atoms with Crippen molar-refractivity contribution < 1.29 is 9.53 Å². The van der Waals surface area contributed by atoms with E-state index in [1.807, 2.05) is 13.0 Å². The normalized spacial score (nSPS) is 18.5. The predicted molar refractivity (Wildman–Crippen MR) is 80.8 cm³/mol. The molecule has 0 spiro atoms. The van der Waals surface area contributed by atoms with E-state index in [-0.39, 0.29) is 18.3 Å². The van der Waals surface area contributed by atoms with Gasteiger partial charge in [0.05, 0.1) is 7.11 Å². The minimum Gasteiger partial charge on any atom is -0.495 e. The number of nitrogens with one attached hydrogen (secondary N) is 2. The van der Waals surface area contributed by atoms with Crippen molar-refractivity contribution in [3.63, 3.8) is 0 Å². The third-order valence-electron chi connectivity index (χ3n) is 3.20. The summed E-state index contributed by atoms with van der Waals surface area (Å²) in [6.45, 7) is 4.82. The van der Waals surface area contributed by atoms with Crippen LogP contribution in [0.2, 0.25) is 0 Å². The fourth-order valence-corrected chi connectivity index (χ4v) is 3.11. The lowest BCUT2D eigenvalue weighted by Crippen LogP contribution is -2.37. The Labute approximate surface area is 124 Å². The molecule has 4 nitrogen and oxygen atoms in total. The van der Waals surface area contributed by atoms with Crippen molar-refractivity contribution >= 4 is 29.7 Å². The average molecular weight is 305 g/mol. The van der Waals surface area contributed by atoms with Crippen LogP contribution in [0, 0.1) is 12.8 Å². The molecule has 1 aliphatic heterocycles. The summed E-state index contributed by atoms with van der Waals surface area (Å²) in [6.07, 6.45) is 2.38. The van der Waals surface area contributed by atoms with Crippen molar-refractivity contribution in [1.82, 2.24) is 10.6 Å². The molecule has 1 aromatic rings. The van der Waals surface area contributed by atoms with Crippen LogP contribution in [0.1, 0.15) is 27.4 Å². The lowest BCUT2D eigenvalue weighted by molar-refractivity contribution is 0.0946. The minimum atomic E-state index is -0.0180. The van der Waals surface area contributed by atoms with Gasteiger partial charge in [-0.2, -0.15) is 0 Å². The van der Waals surface area contributed by atoms with E-state index in [0.29, 0.717) is 16.5 Å². The minimum absolute atomic E-state index is 0. The predicted octanol–water partition coefficient (Wildman–Crippen LogP) is 2.22. The Morgan fingerprint density at radius 3 is 3.05 bits per heavy atom. The van der Waals surface area contributed by atoms with Gasteiger partial charge in [0.1, 0.15) is 10.6 Å². The summed E-state index contributed by atoms with van der Waals surface area (Å²) in [7, 11) is 1.60. The number of piperidine rings is 1. The van der Waals surface area contributed by atoms with Gasteiger partial charge in [0.25, 0.3) is 5.91 Å². The highest BCUT2D eigenvalue weighted by atomic mass is 35.5. The molecule has 2 rings (SSSR count). The maximum atomic E-state index is 12.1. The van der Waals surface area contributed by atoms with E-state index < -0.39 is 0 Å². The summed E-state index contributed by atoms with van der Waals surface area (Å²) < 4.78 is 5.22. The second kappa shape index (κ2) is 7.72. The first-order valence-electron chi connectivity index (χ1n) is 6.34. The Morgan fingerprint density at radius 1 is 1.63 bits per heavy atom. The van der Waals surface area contributed by atoms with Crippen LogP contribution in [-0.2, 0) is 0 Å². The zero-order valence-corrected chi connectivity index (χ0v) is 13.0. The van der Waals surface area contributed by atoms with Gasteiger partial charge in [-0.05, 0) is 44.8 Å². The largest absolute Gasteiger partial charge is 0.495 e. The molecular weight excluding hydrogens is 284 g/mol. The molecule has 108 valence electrons. The lowest BCUT2D eigenvalue weighted by atomic mass is 10.00. The van der Waals surface area contributed by atoms with Gasteiger partial charge in [0, 0.05) is 11.4 Å². The molecule has 2 N–H and O–H groups in total. The van der Waals surface area contributed by atoms with Crippen LogP contribution >= 0.6 is 23.7 Å². The van der Waals surface area contributed by atoms with E-state index in [1.54, 1.807) is 7.11 Å². The molecule has 1 fully saturated rings. The van der Waals surface area contributed by atoms with E-state index in [4.69, 9.17) is 4.74 Å². The number of carbonyl (C=O) groups excluding carboxylic acids is 1. The molecule has 1 aromatic heterocycles. The third kappa shape index (κ3) is 4.37. The van der Waals surface area contributed by atoms with Crippen molar-refractivity contribution in [2.45, 2.75) is 19.8 Å². The average Bonchev–Trinajstić information content (AvgIpc) is 2.78.